The first-order valence-electron chi connectivity index (χ1n) is 12.3. The van der Waals surface area contributed by atoms with Gasteiger partial charge in [0.25, 0.3) is 5.91 Å². The number of thiophene rings is 1. The summed E-state index contributed by atoms with van der Waals surface area (Å²) in [7, 11) is 0. The monoisotopic (exact) mass is 462 g/mol. The number of aryl methyl sites for hydroxylation is 1. The van der Waals surface area contributed by atoms with Gasteiger partial charge in [-0.15, -0.1) is 11.3 Å². The molecular formula is C27H34N4OS. The maximum absolute atomic E-state index is 12.7. The fraction of sp³-hybridized carbons (Fsp3) is 0.481. The van der Waals surface area contributed by atoms with Crippen LogP contribution in [0.5, 0.6) is 0 Å². The van der Waals surface area contributed by atoms with Crippen LogP contribution >= 0.6 is 11.3 Å². The number of nitrogen functional groups attached to an aromatic ring is 1. The zero-order valence-corrected chi connectivity index (χ0v) is 20.3. The SMILES string of the molecule is Cc1ccc2c(N)c(C(=O)NCCc3ccc(N4CCC5(CCCCC5)CC4)cc3)sc2n1. The van der Waals surface area contributed by atoms with E-state index >= 15 is 0 Å². The molecule has 2 aliphatic rings. The maximum atomic E-state index is 12.7. The average Bonchev–Trinajstić information content (AvgIpc) is 3.16. The summed E-state index contributed by atoms with van der Waals surface area (Å²) in [4.78, 5) is 21.1. The van der Waals surface area contributed by atoms with E-state index in [1.165, 1.54) is 80.6 Å². The largest absolute Gasteiger partial charge is 0.397 e. The molecule has 3 N–H and O–H groups in total. The van der Waals surface area contributed by atoms with Crippen LogP contribution in [0.4, 0.5) is 11.4 Å². The van der Waals surface area contributed by atoms with E-state index in [2.05, 4.69) is 39.5 Å². The number of nitrogens with zero attached hydrogens (tertiary/aromatic N) is 2. The minimum absolute atomic E-state index is 0.116. The van der Waals surface area contributed by atoms with E-state index in [9.17, 15) is 4.79 Å². The van der Waals surface area contributed by atoms with Gasteiger partial charge in [0.1, 0.15) is 9.71 Å². The summed E-state index contributed by atoms with van der Waals surface area (Å²) in [5.41, 5.74) is 10.9. The van der Waals surface area contributed by atoms with Crippen molar-refractivity contribution in [2.24, 2.45) is 5.41 Å². The van der Waals surface area contributed by atoms with Crippen molar-refractivity contribution in [2.45, 2.75) is 58.3 Å². The van der Waals surface area contributed by atoms with Gasteiger partial charge in [-0.2, -0.15) is 0 Å². The molecule has 0 bridgehead atoms. The van der Waals surface area contributed by atoms with E-state index in [1.807, 2.05) is 19.1 Å². The van der Waals surface area contributed by atoms with Crippen molar-refractivity contribution in [1.29, 1.82) is 0 Å². The number of carbonyl (C=O) groups is 1. The normalized spacial score (nSPS) is 18.0. The molecule has 33 heavy (non-hydrogen) atoms. The highest BCUT2D eigenvalue weighted by Crippen LogP contribution is 2.45. The third-order valence-electron chi connectivity index (χ3n) is 7.68. The highest BCUT2D eigenvalue weighted by Gasteiger charge is 2.35. The van der Waals surface area contributed by atoms with Crippen molar-refractivity contribution < 1.29 is 4.79 Å². The van der Waals surface area contributed by atoms with Crippen molar-refractivity contribution in [3.8, 4) is 0 Å². The number of hydrogen-bond acceptors (Lipinski definition) is 5. The van der Waals surface area contributed by atoms with Crippen LogP contribution in [0, 0.1) is 12.3 Å². The number of amides is 1. The van der Waals surface area contributed by atoms with Crippen LogP contribution in [0.25, 0.3) is 10.2 Å². The second-order valence-corrected chi connectivity index (χ2v) is 10.9. The second-order valence-electron chi connectivity index (χ2n) is 9.87. The molecule has 1 saturated heterocycles. The van der Waals surface area contributed by atoms with Crippen LogP contribution in [0.2, 0.25) is 0 Å². The molecule has 5 nitrogen and oxygen atoms in total. The van der Waals surface area contributed by atoms with Gasteiger partial charge in [-0.1, -0.05) is 31.4 Å². The lowest BCUT2D eigenvalue weighted by atomic mass is 9.68. The van der Waals surface area contributed by atoms with Crippen molar-refractivity contribution in [3.63, 3.8) is 0 Å². The van der Waals surface area contributed by atoms with E-state index in [0.29, 0.717) is 22.5 Å². The van der Waals surface area contributed by atoms with Gasteiger partial charge in [0, 0.05) is 36.4 Å². The van der Waals surface area contributed by atoms with Gasteiger partial charge in [-0.3, -0.25) is 4.79 Å². The Morgan fingerprint density at radius 3 is 2.52 bits per heavy atom. The fourth-order valence-corrected chi connectivity index (χ4v) is 6.63. The van der Waals surface area contributed by atoms with Gasteiger partial charge in [0.15, 0.2) is 0 Å². The lowest BCUT2D eigenvalue weighted by Crippen LogP contribution is -2.41. The first kappa shape index (κ1) is 22.2. The van der Waals surface area contributed by atoms with Crippen LogP contribution in [0.1, 0.15) is 65.9 Å². The number of nitrogens with two attached hydrogens (primary N) is 1. The van der Waals surface area contributed by atoms with Gasteiger partial charge < -0.3 is 16.0 Å². The van der Waals surface area contributed by atoms with Gasteiger partial charge >= 0.3 is 0 Å². The zero-order chi connectivity index (χ0) is 22.8. The summed E-state index contributed by atoms with van der Waals surface area (Å²) >= 11 is 1.36. The second kappa shape index (κ2) is 9.34. The first-order chi connectivity index (χ1) is 16.0. The molecule has 0 radical (unpaired) electrons. The number of rotatable bonds is 5. The molecule has 1 amide bonds. The molecule has 1 spiro atoms. The Balaban J connectivity index is 1.13. The Morgan fingerprint density at radius 1 is 1.06 bits per heavy atom. The quantitative estimate of drug-likeness (QED) is 0.509. The number of fused-ring (bicyclic) bond motifs is 1. The summed E-state index contributed by atoms with van der Waals surface area (Å²) in [5, 5.41) is 3.89. The van der Waals surface area contributed by atoms with Crippen LogP contribution in [-0.2, 0) is 6.42 Å². The Labute approximate surface area is 200 Å². The van der Waals surface area contributed by atoms with E-state index in [4.69, 9.17) is 5.73 Å². The molecule has 0 atom stereocenters. The molecule has 174 valence electrons. The molecule has 5 rings (SSSR count). The third-order valence-corrected chi connectivity index (χ3v) is 8.79. The molecule has 1 aliphatic heterocycles. The Hall–Kier alpha value is -2.60. The molecule has 2 aromatic heterocycles. The Kier molecular flexibility index (Phi) is 6.28. The summed E-state index contributed by atoms with van der Waals surface area (Å²) in [5.74, 6) is -0.116. The van der Waals surface area contributed by atoms with Crippen LogP contribution in [-0.4, -0.2) is 30.5 Å². The Morgan fingerprint density at radius 2 is 1.79 bits per heavy atom. The van der Waals surface area contributed by atoms with E-state index < -0.39 is 0 Å². The minimum atomic E-state index is -0.116. The van der Waals surface area contributed by atoms with E-state index in [0.717, 1.165) is 22.3 Å². The van der Waals surface area contributed by atoms with Crippen LogP contribution < -0.4 is 16.0 Å². The molecule has 1 aliphatic carbocycles. The molecule has 6 heteroatoms. The van der Waals surface area contributed by atoms with Crippen molar-refractivity contribution >= 4 is 38.8 Å². The fourth-order valence-electron chi connectivity index (χ4n) is 5.57. The third kappa shape index (κ3) is 4.72. The number of anilines is 2. The molecule has 3 aromatic rings. The van der Waals surface area contributed by atoms with E-state index in [1.54, 1.807) is 0 Å². The minimum Gasteiger partial charge on any atom is -0.397 e. The molecule has 3 heterocycles. The van der Waals surface area contributed by atoms with Crippen molar-refractivity contribution in [2.75, 3.05) is 30.3 Å². The predicted molar refractivity (Wildman–Crippen MR) is 138 cm³/mol. The number of aromatic nitrogens is 1. The predicted octanol–water partition coefficient (Wildman–Crippen LogP) is 5.71. The van der Waals surface area contributed by atoms with Crippen LogP contribution in [0.15, 0.2) is 36.4 Å². The molecular weight excluding hydrogens is 428 g/mol. The summed E-state index contributed by atoms with van der Waals surface area (Å²) in [6.07, 6.45) is 10.7. The standard InChI is InChI=1S/C27H34N4OS/c1-19-5-10-22-23(28)24(33-26(22)30-19)25(32)29-16-11-20-6-8-21(9-7-20)31-17-14-27(15-18-31)12-3-2-4-13-27/h5-10H,2-4,11-18,28H2,1H3,(H,29,32). The molecule has 1 saturated carbocycles. The highest BCUT2D eigenvalue weighted by molar-refractivity contribution is 7.21. The number of piperidine rings is 1. The Bertz CT molecular complexity index is 1120. The lowest BCUT2D eigenvalue weighted by molar-refractivity contribution is 0.0959. The summed E-state index contributed by atoms with van der Waals surface area (Å²) in [6.45, 7) is 4.89. The van der Waals surface area contributed by atoms with Crippen molar-refractivity contribution in [3.05, 3.63) is 52.5 Å². The van der Waals surface area contributed by atoms with Gasteiger partial charge in [-0.05, 0) is 74.3 Å². The maximum Gasteiger partial charge on any atom is 0.263 e. The molecule has 0 unspecified atom stereocenters. The van der Waals surface area contributed by atoms with Crippen LogP contribution in [0.3, 0.4) is 0 Å². The van der Waals surface area contributed by atoms with Gasteiger partial charge in [0.2, 0.25) is 0 Å². The van der Waals surface area contributed by atoms with E-state index in [-0.39, 0.29) is 5.91 Å². The smallest absolute Gasteiger partial charge is 0.263 e. The van der Waals surface area contributed by atoms with Gasteiger partial charge in [0.05, 0.1) is 5.69 Å². The first-order valence-corrected chi connectivity index (χ1v) is 13.1. The number of benzene rings is 1. The number of hydrogen-bond donors (Lipinski definition) is 2. The number of carbonyl (C=O) groups excluding carboxylic acids is 1. The molecule has 1 aromatic carbocycles. The topological polar surface area (TPSA) is 71.2 Å². The lowest BCUT2D eigenvalue weighted by Gasteiger charge is -2.45. The van der Waals surface area contributed by atoms with Crippen molar-refractivity contribution in [1.82, 2.24) is 10.3 Å². The highest BCUT2D eigenvalue weighted by atomic mass is 32.1. The molecule has 2 fully saturated rings. The summed E-state index contributed by atoms with van der Waals surface area (Å²) in [6, 6.07) is 12.8. The average molecular weight is 463 g/mol. The zero-order valence-electron chi connectivity index (χ0n) is 19.5. The van der Waals surface area contributed by atoms with Gasteiger partial charge in [-0.25, -0.2) is 4.98 Å². The number of nitrogens with one attached hydrogen (secondary N) is 1. The number of pyridine rings is 1. The summed E-state index contributed by atoms with van der Waals surface area (Å²) < 4.78 is 0.